The molecule has 35 heavy (non-hydrogen) atoms. The predicted octanol–water partition coefficient (Wildman–Crippen LogP) is 5.11. The summed E-state index contributed by atoms with van der Waals surface area (Å²) in [7, 11) is 0. The lowest BCUT2D eigenvalue weighted by molar-refractivity contribution is -0.156. The van der Waals surface area contributed by atoms with Crippen LogP contribution >= 0.6 is 0 Å². The zero-order chi connectivity index (χ0) is 25.5. The quantitative estimate of drug-likeness (QED) is 0.146. The number of esters is 1. The van der Waals surface area contributed by atoms with Crippen molar-refractivity contribution in [2.45, 2.75) is 103 Å². The zero-order valence-corrected chi connectivity index (χ0v) is 21.6. The van der Waals surface area contributed by atoms with E-state index in [4.69, 9.17) is 4.74 Å². The Bertz CT molecular complexity index is 780. The highest BCUT2D eigenvalue weighted by Gasteiger charge is 2.33. The Hall–Kier alpha value is -2.41. The predicted molar refractivity (Wildman–Crippen MR) is 136 cm³/mol. The van der Waals surface area contributed by atoms with Crippen molar-refractivity contribution in [2.24, 2.45) is 5.92 Å². The number of nitrogens with one attached hydrogen (secondary N) is 1. The molecule has 1 aliphatic heterocycles. The van der Waals surface area contributed by atoms with Crippen molar-refractivity contribution in [1.29, 1.82) is 0 Å². The Morgan fingerprint density at radius 3 is 2.37 bits per heavy atom. The van der Waals surface area contributed by atoms with Crippen LogP contribution in [0.1, 0.15) is 95.1 Å². The van der Waals surface area contributed by atoms with Crippen LogP contribution in [-0.2, 0) is 25.5 Å². The van der Waals surface area contributed by atoms with Gasteiger partial charge < -0.3 is 9.64 Å². The molecule has 0 bridgehead atoms. The molecule has 0 saturated carbocycles. The van der Waals surface area contributed by atoms with E-state index >= 15 is 0 Å². The third-order valence-electron chi connectivity index (χ3n) is 6.88. The zero-order valence-electron chi connectivity index (χ0n) is 21.6. The number of ether oxygens (including phenoxy) is 1. The van der Waals surface area contributed by atoms with Crippen LogP contribution in [0.25, 0.3) is 0 Å². The molecular weight excluding hydrogens is 444 g/mol. The molecule has 0 radical (unpaired) electrons. The standard InChI is InChI=1S/C28H44N2O5/c1-3-4-5-6-7-8-9-10-19-30(26(31)21-24-12-11-20-35-28(24)33)25(27(32)29-34)18-17-23-15-13-22(2)14-16-23/h13-16,24-25,34H,3-12,17-21H2,1-2H3,(H,29,32)/t24-,25-/m1/s1. The molecule has 2 amide bonds. The number of aryl methyl sites for hydroxylation is 2. The molecule has 0 unspecified atom stereocenters. The smallest absolute Gasteiger partial charge is 0.309 e. The first-order valence-electron chi connectivity index (χ1n) is 13.4. The van der Waals surface area contributed by atoms with Crippen LogP contribution in [0.4, 0.5) is 0 Å². The topological polar surface area (TPSA) is 95.9 Å². The minimum absolute atomic E-state index is 0.0373. The molecule has 2 rings (SSSR count). The highest BCUT2D eigenvalue weighted by atomic mass is 16.5. The van der Waals surface area contributed by atoms with Crippen molar-refractivity contribution in [2.75, 3.05) is 13.2 Å². The van der Waals surface area contributed by atoms with Gasteiger partial charge in [-0.05, 0) is 44.6 Å². The Labute approximate surface area is 210 Å². The molecule has 1 fully saturated rings. The lowest BCUT2D eigenvalue weighted by atomic mass is 9.95. The first kappa shape index (κ1) is 28.8. The summed E-state index contributed by atoms with van der Waals surface area (Å²) >= 11 is 0. The van der Waals surface area contributed by atoms with E-state index in [0.29, 0.717) is 32.4 Å². The molecule has 1 aromatic rings. The van der Waals surface area contributed by atoms with E-state index in [1.54, 1.807) is 10.4 Å². The van der Waals surface area contributed by atoms with Gasteiger partial charge >= 0.3 is 5.97 Å². The number of rotatable bonds is 16. The molecule has 7 heteroatoms. The number of benzene rings is 1. The maximum absolute atomic E-state index is 13.4. The molecule has 1 aromatic carbocycles. The van der Waals surface area contributed by atoms with Gasteiger partial charge in [-0.2, -0.15) is 0 Å². The van der Waals surface area contributed by atoms with Crippen LogP contribution in [0, 0.1) is 12.8 Å². The van der Waals surface area contributed by atoms with Gasteiger partial charge in [-0.25, -0.2) is 5.48 Å². The Morgan fingerprint density at radius 1 is 1.09 bits per heavy atom. The van der Waals surface area contributed by atoms with Crippen molar-refractivity contribution in [3.05, 3.63) is 35.4 Å². The summed E-state index contributed by atoms with van der Waals surface area (Å²) in [6.45, 7) is 5.06. The largest absolute Gasteiger partial charge is 0.465 e. The molecule has 2 N–H and O–H groups in total. The van der Waals surface area contributed by atoms with E-state index in [1.165, 1.54) is 32.1 Å². The SMILES string of the molecule is CCCCCCCCCCN(C(=O)C[C@H]1CCCOC1=O)[C@H](CCc1ccc(C)cc1)C(=O)NO. The van der Waals surface area contributed by atoms with Gasteiger partial charge in [0.1, 0.15) is 6.04 Å². The van der Waals surface area contributed by atoms with Crippen molar-refractivity contribution in [1.82, 2.24) is 10.4 Å². The van der Waals surface area contributed by atoms with Crippen LogP contribution in [0.3, 0.4) is 0 Å². The van der Waals surface area contributed by atoms with Crippen molar-refractivity contribution < 1.29 is 24.3 Å². The fourth-order valence-electron chi connectivity index (χ4n) is 4.68. The second-order valence-electron chi connectivity index (χ2n) is 9.79. The third-order valence-corrected chi connectivity index (χ3v) is 6.88. The highest BCUT2D eigenvalue weighted by molar-refractivity contribution is 5.89. The summed E-state index contributed by atoms with van der Waals surface area (Å²) in [4.78, 5) is 39.8. The number of hydrogen-bond donors (Lipinski definition) is 2. The molecule has 1 saturated heterocycles. The molecule has 1 aliphatic rings. The molecule has 7 nitrogen and oxygen atoms in total. The number of hydroxylamine groups is 1. The van der Waals surface area contributed by atoms with Gasteiger partial charge in [0.05, 0.1) is 12.5 Å². The second kappa shape index (κ2) is 16.3. The first-order chi connectivity index (χ1) is 17.0. The summed E-state index contributed by atoms with van der Waals surface area (Å²) < 4.78 is 5.14. The lowest BCUT2D eigenvalue weighted by Gasteiger charge is -2.32. The number of carbonyl (C=O) groups excluding carboxylic acids is 3. The fraction of sp³-hybridized carbons (Fsp3) is 0.679. The second-order valence-corrected chi connectivity index (χ2v) is 9.79. The van der Waals surface area contributed by atoms with Crippen molar-refractivity contribution in [3.8, 4) is 0 Å². The van der Waals surface area contributed by atoms with E-state index in [1.807, 2.05) is 31.2 Å². The Kier molecular flexibility index (Phi) is 13.4. The lowest BCUT2D eigenvalue weighted by Crippen LogP contribution is -2.50. The molecule has 1 heterocycles. The van der Waals surface area contributed by atoms with Crippen LogP contribution in [0.5, 0.6) is 0 Å². The van der Waals surface area contributed by atoms with Crippen LogP contribution in [0.2, 0.25) is 0 Å². The highest BCUT2D eigenvalue weighted by Crippen LogP contribution is 2.22. The fourth-order valence-corrected chi connectivity index (χ4v) is 4.68. The van der Waals surface area contributed by atoms with E-state index in [0.717, 1.165) is 36.8 Å². The summed E-state index contributed by atoms with van der Waals surface area (Å²) in [6.07, 6.45) is 11.4. The average Bonchev–Trinajstić information content (AvgIpc) is 2.86. The maximum Gasteiger partial charge on any atom is 0.309 e. The molecule has 2 atom stereocenters. The third kappa shape index (κ3) is 10.4. The van der Waals surface area contributed by atoms with Crippen LogP contribution in [-0.4, -0.2) is 47.1 Å². The summed E-state index contributed by atoms with van der Waals surface area (Å²) in [5.74, 6) is -1.61. The Balaban J connectivity index is 2.04. The number of amides is 2. The van der Waals surface area contributed by atoms with Gasteiger partial charge in [-0.15, -0.1) is 0 Å². The van der Waals surface area contributed by atoms with Gasteiger partial charge in [0.25, 0.3) is 5.91 Å². The summed E-state index contributed by atoms with van der Waals surface area (Å²) in [6, 6.07) is 7.29. The van der Waals surface area contributed by atoms with Gasteiger partial charge in [-0.1, -0.05) is 81.7 Å². The van der Waals surface area contributed by atoms with Gasteiger partial charge in [0, 0.05) is 13.0 Å². The molecule has 196 valence electrons. The van der Waals surface area contributed by atoms with Gasteiger partial charge in [0.2, 0.25) is 5.91 Å². The normalized spacial score (nSPS) is 16.4. The van der Waals surface area contributed by atoms with E-state index in [2.05, 4.69) is 6.92 Å². The molecule has 0 spiro atoms. The van der Waals surface area contributed by atoms with Gasteiger partial charge in [-0.3, -0.25) is 19.6 Å². The van der Waals surface area contributed by atoms with Gasteiger partial charge in [0.15, 0.2) is 0 Å². The number of unbranched alkanes of at least 4 members (excludes halogenated alkanes) is 7. The molecule has 0 aliphatic carbocycles. The van der Waals surface area contributed by atoms with Crippen molar-refractivity contribution in [3.63, 3.8) is 0 Å². The van der Waals surface area contributed by atoms with E-state index < -0.39 is 17.9 Å². The monoisotopic (exact) mass is 488 g/mol. The minimum Gasteiger partial charge on any atom is -0.465 e. The molecule has 0 aromatic heterocycles. The summed E-state index contributed by atoms with van der Waals surface area (Å²) in [5.41, 5.74) is 3.99. The van der Waals surface area contributed by atoms with Crippen molar-refractivity contribution >= 4 is 17.8 Å². The number of carbonyl (C=O) groups is 3. The average molecular weight is 489 g/mol. The van der Waals surface area contributed by atoms with Crippen LogP contribution in [0.15, 0.2) is 24.3 Å². The Morgan fingerprint density at radius 2 is 1.74 bits per heavy atom. The van der Waals surface area contributed by atoms with E-state index in [-0.39, 0.29) is 18.3 Å². The number of hydrogen-bond acceptors (Lipinski definition) is 5. The minimum atomic E-state index is -0.794. The maximum atomic E-state index is 13.4. The number of cyclic esters (lactones) is 1. The first-order valence-corrected chi connectivity index (χ1v) is 13.4. The van der Waals surface area contributed by atoms with Crippen LogP contribution < -0.4 is 5.48 Å². The molecular formula is C28H44N2O5. The van der Waals surface area contributed by atoms with E-state index in [9.17, 15) is 19.6 Å². The number of nitrogens with zero attached hydrogens (tertiary/aromatic N) is 1. The summed E-state index contributed by atoms with van der Waals surface area (Å²) in [5, 5.41) is 9.43.